The number of methoxy groups -OCH3 is 1. The summed E-state index contributed by atoms with van der Waals surface area (Å²) < 4.78 is 7.42. The number of aromatic nitrogens is 1. The van der Waals surface area contributed by atoms with Gasteiger partial charge >= 0.3 is 0 Å². The van der Waals surface area contributed by atoms with Gasteiger partial charge in [-0.15, -0.1) is 0 Å². The van der Waals surface area contributed by atoms with Gasteiger partial charge in [0.05, 0.1) is 6.54 Å². The van der Waals surface area contributed by atoms with Crippen LogP contribution in [0.15, 0.2) is 79.0 Å². The molecule has 0 atom stereocenters. The maximum absolute atomic E-state index is 13.0. The molecule has 0 bridgehead atoms. The Kier molecular flexibility index (Phi) is 8.08. The first-order valence-electron chi connectivity index (χ1n) is 10.2. The Morgan fingerprint density at radius 3 is 2.31 bits per heavy atom. The van der Waals surface area contributed by atoms with Crippen LogP contribution in [0, 0.1) is 0 Å². The first-order chi connectivity index (χ1) is 14.3. The summed E-state index contributed by atoms with van der Waals surface area (Å²) in [6.07, 6.45) is 4.22. The van der Waals surface area contributed by atoms with Crippen molar-refractivity contribution in [1.82, 2.24) is 9.47 Å². The second-order valence-electron chi connectivity index (χ2n) is 7.26. The average Bonchev–Trinajstić information content (AvgIpc) is 3.19. The Balaban J connectivity index is 1.65. The normalized spacial score (nSPS) is 10.8. The van der Waals surface area contributed by atoms with Crippen LogP contribution in [0.3, 0.4) is 0 Å². The molecule has 0 N–H and O–H groups in total. The summed E-state index contributed by atoms with van der Waals surface area (Å²) in [5.41, 5.74) is 3.61. The fourth-order valence-corrected chi connectivity index (χ4v) is 3.47. The highest BCUT2D eigenvalue weighted by Gasteiger charge is 2.16. The van der Waals surface area contributed by atoms with Crippen LogP contribution in [0.4, 0.5) is 0 Å². The van der Waals surface area contributed by atoms with Gasteiger partial charge in [-0.3, -0.25) is 4.79 Å². The highest BCUT2D eigenvalue weighted by molar-refractivity contribution is 5.76. The number of benzene rings is 2. The number of hydrogen-bond acceptors (Lipinski definition) is 2. The van der Waals surface area contributed by atoms with E-state index in [1.807, 2.05) is 29.2 Å². The molecular formula is C25H30N2O2. The van der Waals surface area contributed by atoms with Crippen molar-refractivity contribution in [1.29, 1.82) is 0 Å². The third kappa shape index (κ3) is 6.61. The molecule has 0 saturated heterocycles. The molecule has 0 unspecified atom stereocenters. The van der Waals surface area contributed by atoms with E-state index >= 15 is 0 Å². The van der Waals surface area contributed by atoms with Crippen LogP contribution in [0.2, 0.25) is 0 Å². The number of carbonyl (C=O) groups is 1. The molecule has 1 aromatic heterocycles. The minimum Gasteiger partial charge on any atom is -0.385 e. The third-order valence-electron chi connectivity index (χ3n) is 5.07. The molecule has 1 heterocycles. The fourth-order valence-electron chi connectivity index (χ4n) is 3.47. The topological polar surface area (TPSA) is 34.5 Å². The number of rotatable bonds is 11. The molecule has 4 heteroatoms. The minimum absolute atomic E-state index is 0.192. The summed E-state index contributed by atoms with van der Waals surface area (Å²) in [6, 6.07) is 24.8. The Labute approximate surface area is 173 Å². The van der Waals surface area contributed by atoms with E-state index in [0.717, 1.165) is 25.1 Å². The van der Waals surface area contributed by atoms with Crippen molar-refractivity contribution in [2.45, 2.75) is 32.4 Å². The molecule has 0 saturated carbocycles. The number of amides is 1. The van der Waals surface area contributed by atoms with Gasteiger partial charge in [0.15, 0.2) is 0 Å². The van der Waals surface area contributed by atoms with Crippen LogP contribution in [0.25, 0.3) is 0 Å². The smallest absolute Gasteiger partial charge is 0.223 e. The molecule has 152 valence electrons. The maximum Gasteiger partial charge on any atom is 0.223 e. The number of hydrogen-bond donors (Lipinski definition) is 0. The van der Waals surface area contributed by atoms with Crippen molar-refractivity contribution in [3.8, 4) is 0 Å². The number of aryl methyl sites for hydroxylation is 1. The van der Waals surface area contributed by atoms with E-state index in [1.165, 1.54) is 11.1 Å². The molecule has 29 heavy (non-hydrogen) atoms. The maximum atomic E-state index is 13.0. The molecular weight excluding hydrogens is 360 g/mol. The van der Waals surface area contributed by atoms with Crippen molar-refractivity contribution in [3.63, 3.8) is 0 Å². The summed E-state index contributed by atoms with van der Waals surface area (Å²) in [7, 11) is 1.70. The predicted molar refractivity (Wildman–Crippen MR) is 117 cm³/mol. The van der Waals surface area contributed by atoms with Crippen LogP contribution in [-0.4, -0.2) is 35.6 Å². The lowest BCUT2D eigenvalue weighted by atomic mass is 10.1. The molecule has 0 aliphatic rings. The van der Waals surface area contributed by atoms with E-state index in [2.05, 4.69) is 59.3 Å². The SMILES string of the molecule is COCCCN(Cc1cccn1Cc1ccccc1)C(=O)CCc1ccccc1. The first kappa shape index (κ1) is 20.9. The zero-order chi connectivity index (χ0) is 20.3. The summed E-state index contributed by atoms with van der Waals surface area (Å²) >= 11 is 0. The minimum atomic E-state index is 0.192. The monoisotopic (exact) mass is 390 g/mol. The Bertz CT molecular complexity index is 859. The zero-order valence-electron chi connectivity index (χ0n) is 17.2. The largest absolute Gasteiger partial charge is 0.385 e. The van der Waals surface area contributed by atoms with Crippen molar-refractivity contribution in [2.75, 3.05) is 20.3 Å². The molecule has 0 aliphatic carbocycles. The lowest BCUT2D eigenvalue weighted by Gasteiger charge is -2.24. The molecule has 3 rings (SSSR count). The molecule has 0 spiro atoms. The highest BCUT2D eigenvalue weighted by Crippen LogP contribution is 2.13. The van der Waals surface area contributed by atoms with Crippen molar-refractivity contribution in [2.24, 2.45) is 0 Å². The molecule has 4 nitrogen and oxygen atoms in total. The predicted octanol–water partition coefficient (Wildman–Crippen LogP) is 4.53. The van der Waals surface area contributed by atoms with E-state index in [0.29, 0.717) is 26.1 Å². The second kappa shape index (κ2) is 11.2. The van der Waals surface area contributed by atoms with Crippen molar-refractivity contribution in [3.05, 3.63) is 95.8 Å². The quantitative estimate of drug-likeness (QED) is 0.451. The van der Waals surface area contributed by atoms with Gasteiger partial charge in [-0.1, -0.05) is 60.7 Å². The second-order valence-corrected chi connectivity index (χ2v) is 7.26. The number of nitrogens with zero attached hydrogens (tertiary/aromatic N) is 2. The summed E-state index contributed by atoms with van der Waals surface area (Å²) in [5, 5.41) is 0. The van der Waals surface area contributed by atoms with Gasteiger partial charge in [-0.2, -0.15) is 0 Å². The Morgan fingerprint density at radius 2 is 1.62 bits per heavy atom. The van der Waals surface area contributed by atoms with Gasteiger partial charge in [0, 0.05) is 45.1 Å². The molecule has 3 aromatic rings. The van der Waals surface area contributed by atoms with Gasteiger partial charge in [-0.25, -0.2) is 0 Å². The highest BCUT2D eigenvalue weighted by atomic mass is 16.5. The average molecular weight is 391 g/mol. The molecule has 0 fully saturated rings. The van der Waals surface area contributed by atoms with E-state index in [9.17, 15) is 4.79 Å². The zero-order valence-corrected chi connectivity index (χ0v) is 17.2. The van der Waals surface area contributed by atoms with Crippen molar-refractivity contribution >= 4 is 5.91 Å². The lowest BCUT2D eigenvalue weighted by molar-refractivity contribution is -0.132. The van der Waals surface area contributed by atoms with Gasteiger partial charge in [0.25, 0.3) is 0 Å². The van der Waals surface area contributed by atoms with Gasteiger partial charge in [-0.05, 0) is 36.1 Å². The Hall–Kier alpha value is -2.85. The van der Waals surface area contributed by atoms with Gasteiger partial charge in [0.1, 0.15) is 0 Å². The van der Waals surface area contributed by atoms with Crippen LogP contribution in [0.1, 0.15) is 29.7 Å². The lowest BCUT2D eigenvalue weighted by Crippen LogP contribution is -2.33. The summed E-state index contributed by atoms with van der Waals surface area (Å²) in [4.78, 5) is 15.0. The van der Waals surface area contributed by atoms with E-state index in [-0.39, 0.29) is 5.91 Å². The third-order valence-corrected chi connectivity index (χ3v) is 5.07. The Morgan fingerprint density at radius 1 is 0.931 bits per heavy atom. The molecule has 2 aromatic carbocycles. The fraction of sp³-hybridized carbons (Fsp3) is 0.320. The van der Waals surface area contributed by atoms with Crippen molar-refractivity contribution < 1.29 is 9.53 Å². The number of carbonyl (C=O) groups excluding carboxylic acids is 1. The van der Waals surface area contributed by atoms with E-state index < -0.39 is 0 Å². The van der Waals surface area contributed by atoms with Crippen LogP contribution < -0.4 is 0 Å². The standard InChI is InChI=1S/C25H30N2O2/c1-29-19-9-18-27(25(28)16-15-22-10-4-2-5-11-22)21-24-14-8-17-26(24)20-23-12-6-3-7-13-23/h2-8,10-14,17H,9,15-16,18-21H2,1H3. The number of ether oxygens (including phenoxy) is 1. The first-order valence-corrected chi connectivity index (χ1v) is 10.2. The summed E-state index contributed by atoms with van der Waals surface area (Å²) in [5.74, 6) is 0.192. The molecule has 0 aliphatic heterocycles. The summed E-state index contributed by atoms with van der Waals surface area (Å²) in [6.45, 7) is 2.80. The van der Waals surface area contributed by atoms with Crippen LogP contribution in [0.5, 0.6) is 0 Å². The van der Waals surface area contributed by atoms with Crippen LogP contribution >= 0.6 is 0 Å². The van der Waals surface area contributed by atoms with Gasteiger partial charge < -0.3 is 14.2 Å². The van der Waals surface area contributed by atoms with E-state index in [4.69, 9.17) is 4.74 Å². The molecule has 0 radical (unpaired) electrons. The molecule has 1 amide bonds. The van der Waals surface area contributed by atoms with Gasteiger partial charge in [0.2, 0.25) is 5.91 Å². The van der Waals surface area contributed by atoms with Crippen LogP contribution in [-0.2, 0) is 29.0 Å². The van der Waals surface area contributed by atoms with E-state index in [1.54, 1.807) is 7.11 Å².